The molecule has 1 aromatic carbocycles. The van der Waals surface area contributed by atoms with Crippen molar-refractivity contribution < 1.29 is 13.2 Å². The van der Waals surface area contributed by atoms with E-state index in [1.54, 1.807) is 6.07 Å². The van der Waals surface area contributed by atoms with E-state index in [0.717, 1.165) is 16.5 Å². The van der Waals surface area contributed by atoms with Gasteiger partial charge in [0.1, 0.15) is 0 Å². The Morgan fingerprint density at radius 1 is 1.33 bits per heavy atom. The fourth-order valence-corrected chi connectivity index (χ4v) is 3.05. The quantitative estimate of drug-likeness (QED) is 0.795. The predicted molar refractivity (Wildman–Crippen MR) is 88.8 cm³/mol. The summed E-state index contributed by atoms with van der Waals surface area (Å²) >= 11 is 3.40. The number of carbonyl (C=O) groups excluding carboxylic acids is 1. The van der Waals surface area contributed by atoms with Gasteiger partial charge >= 0.3 is 0 Å². The van der Waals surface area contributed by atoms with Crippen molar-refractivity contribution in [2.45, 2.75) is 26.7 Å². The summed E-state index contributed by atoms with van der Waals surface area (Å²) < 4.78 is 25.4. The topological polar surface area (TPSA) is 66.5 Å². The third kappa shape index (κ3) is 6.15. The molecular weight excluding hydrogens is 356 g/mol. The number of amides is 1. The van der Waals surface area contributed by atoms with Crippen molar-refractivity contribution in [2.24, 2.45) is 0 Å². The summed E-state index contributed by atoms with van der Waals surface area (Å²) in [5.41, 5.74) is 1.73. The van der Waals surface area contributed by atoms with Crippen molar-refractivity contribution in [3.8, 4) is 0 Å². The monoisotopic (exact) mass is 376 g/mol. The van der Waals surface area contributed by atoms with Crippen LogP contribution < -0.4 is 5.32 Å². The molecular formula is C14H21BrN2O3S. The SMILES string of the molecule is CCCN(CCC(=O)Nc1ccc(Br)c(C)c1)S(C)(=O)=O. The number of nitrogens with zero attached hydrogens (tertiary/aromatic N) is 1. The number of anilines is 1. The number of benzene rings is 1. The lowest BCUT2D eigenvalue weighted by atomic mass is 10.2. The molecule has 0 saturated heterocycles. The predicted octanol–water partition coefficient (Wildman–Crippen LogP) is 2.76. The number of halogens is 1. The van der Waals surface area contributed by atoms with Gasteiger partial charge in [-0.2, -0.15) is 0 Å². The first-order valence-corrected chi connectivity index (χ1v) is 9.39. The zero-order chi connectivity index (χ0) is 16.0. The molecule has 0 spiro atoms. The fourth-order valence-electron chi connectivity index (χ4n) is 1.87. The molecule has 0 fully saturated rings. The van der Waals surface area contributed by atoms with Crippen molar-refractivity contribution in [1.82, 2.24) is 4.31 Å². The molecule has 1 rings (SSSR count). The number of carbonyl (C=O) groups is 1. The van der Waals surface area contributed by atoms with Gasteiger partial charge in [0.15, 0.2) is 0 Å². The highest BCUT2D eigenvalue weighted by Gasteiger charge is 2.16. The average Bonchev–Trinajstić information content (AvgIpc) is 2.37. The summed E-state index contributed by atoms with van der Waals surface area (Å²) in [4.78, 5) is 11.9. The summed E-state index contributed by atoms with van der Waals surface area (Å²) in [6.07, 6.45) is 2.03. The third-order valence-corrected chi connectivity index (χ3v) is 5.16. The molecule has 1 amide bonds. The van der Waals surface area contributed by atoms with E-state index in [0.29, 0.717) is 12.2 Å². The molecule has 0 aliphatic rings. The Labute approximate surface area is 134 Å². The van der Waals surface area contributed by atoms with E-state index in [4.69, 9.17) is 0 Å². The summed E-state index contributed by atoms with van der Waals surface area (Å²) in [5.74, 6) is -0.193. The van der Waals surface area contributed by atoms with Gasteiger partial charge in [-0.25, -0.2) is 12.7 Å². The Bertz CT molecular complexity index is 602. The molecule has 21 heavy (non-hydrogen) atoms. The molecule has 0 radical (unpaired) electrons. The highest BCUT2D eigenvalue weighted by atomic mass is 79.9. The minimum atomic E-state index is -3.26. The largest absolute Gasteiger partial charge is 0.326 e. The second-order valence-electron chi connectivity index (χ2n) is 4.92. The van der Waals surface area contributed by atoms with Gasteiger partial charge in [-0.05, 0) is 37.1 Å². The minimum Gasteiger partial charge on any atom is -0.326 e. The molecule has 1 aromatic rings. The van der Waals surface area contributed by atoms with Crippen molar-refractivity contribution in [3.63, 3.8) is 0 Å². The first-order valence-electron chi connectivity index (χ1n) is 6.75. The second kappa shape index (κ2) is 7.91. The Hall–Kier alpha value is -0.920. The zero-order valence-electron chi connectivity index (χ0n) is 12.5. The van der Waals surface area contributed by atoms with Crippen LogP contribution in [-0.4, -0.2) is 38.0 Å². The maximum Gasteiger partial charge on any atom is 0.225 e. The molecule has 0 bridgehead atoms. The van der Waals surface area contributed by atoms with Crippen LogP contribution in [0.4, 0.5) is 5.69 Å². The molecule has 5 nitrogen and oxygen atoms in total. The van der Waals surface area contributed by atoms with Crippen LogP contribution in [0.3, 0.4) is 0 Å². The Balaban J connectivity index is 2.58. The molecule has 0 aliphatic carbocycles. The van der Waals surface area contributed by atoms with E-state index < -0.39 is 10.0 Å². The van der Waals surface area contributed by atoms with E-state index in [-0.39, 0.29) is 18.9 Å². The molecule has 0 aliphatic heterocycles. The number of hydrogen-bond acceptors (Lipinski definition) is 3. The number of nitrogens with one attached hydrogen (secondary N) is 1. The van der Waals surface area contributed by atoms with Crippen LogP contribution >= 0.6 is 15.9 Å². The average molecular weight is 377 g/mol. The van der Waals surface area contributed by atoms with Crippen LogP contribution in [0.2, 0.25) is 0 Å². The van der Waals surface area contributed by atoms with Crippen molar-refractivity contribution in [3.05, 3.63) is 28.2 Å². The lowest BCUT2D eigenvalue weighted by molar-refractivity contribution is -0.116. The maximum atomic E-state index is 11.9. The van der Waals surface area contributed by atoms with Gasteiger partial charge in [-0.3, -0.25) is 4.79 Å². The Kier molecular flexibility index (Phi) is 6.83. The van der Waals surface area contributed by atoms with Crippen LogP contribution in [-0.2, 0) is 14.8 Å². The van der Waals surface area contributed by atoms with Gasteiger partial charge in [-0.1, -0.05) is 22.9 Å². The maximum absolute atomic E-state index is 11.9. The Morgan fingerprint density at radius 2 is 2.00 bits per heavy atom. The smallest absolute Gasteiger partial charge is 0.225 e. The molecule has 0 unspecified atom stereocenters. The summed E-state index contributed by atoms with van der Waals surface area (Å²) in [6, 6.07) is 5.53. The fraction of sp³-hybridized carbons (Fsp3) is 0.500. The van der Waals surface area contributed by atoms with Crippen LogP contribution in [0.5, 0.6) is 0 Å². The molecule has 118 valence electrons. The van der Waals surface area contributed by atoms with Gasteiger partial charge in [0, 0.05) is 29.7 Å². The number of rotatable bonds is 7. The van der Waals surface area contributed by atoms with Gasteiger partial charge in [0.25, 0.3) is 0 Å². The minimum absolute atomic E-state index is 0.141. The Morgan fingerprint density at radius 3 is 2.52 bits per heavy atom. The molecule has 7 heteroatoms. The van der Waals surface area contributed by atoms with Gasteiger partial charge < -0.3 is 5.32 Å². The van der Waals surface area contributed by atoms with Gasteiger partial charge in [0.2, 0.25) is 15.9 Å². The number of aryl methyl sites for hydroxylation is 1. The van der Waals surface area contributed by atoms with Crippen molar-refractivity contribution >= 4 is 37.5 Å². The lowest BCUT2D eigenvalue weighted by Gasteiger charge is -2.18. The number of sulfonamides is 1. The van der Waals surface area contributed by atoms with E-state index in [1.165, 1.54) is 10.6 Å². The van der Waals surface area contributed by atoms with Gasteiger partial charge in [-0.15, -0.1) is 0 Å². The molecule has 0 atom stereocenters. The standard InChI is InChI=1S/C14H21BrN2O3S/c1-4-8-17(21(3,19)20)9-7-14(18)16-12-5-6-13(15)11(2)10-12/h5-6,10H,4,7-9H2,1-3H3,(H,16,18). The molecule has 0 heterocycles. The number of hydrogen-bond donors (Lipinski definition) is 1. The zero-order valence-corrected chi connectivity index (χ0v) is 14.9. The van der Waals surface area contributed by atoms with Gasteiger partial charge in [0.05, 0.1) is 6.26 Å². The molecule has 0 saturated carbocycles. The first kappa shape index (κ1) is 18.1. The van der Waals surface area contributed by atoms with Crippen molar-refractivity contribution in [1.29, 1.82) is 0 Å². The van der Waals surface area contributed by atoms with E-state index in [1.807, 2.05) is 26.0 Å². The lowest BCUT2D eigenvalue weighted by Crippen LogP contribution is -2.33. The first-order chi connectivity index (χ1) is 9.74. The summed E-state index contributed by atoms with van der Waals surface area (Å²) in [5, 5.41) is 2.78. The van der Waals surface area contributed by atoms with Crippen LogP contribution in [0.25, 0.3) is 0 Å². The van der Waals surface area contributed by atoms with E-state index in [9.17, 15) is 13.2 Å². The highest BCUT2D eigenvalue weighted by molar-refractivity contribution is 9.10. The van der Waals surface area contributed by atoms with Crippen LogP contribution in [0.15, 0.2) is 22.7 Å². The summed E-state index contributed by atoms with van der Waals surface area (Å²) in [6.45, 7) is 4.48. The van der Waals surface area contributed by atoms with Crippen LogP contribution in [0.1, 0.15) is 25.3 Å². The highest BCUT2D eigenvalue weighted by Crippen LogP contribution is 2.20. The van der Waals surface area contributed by atoms with Crippen molar-refractivity contribution in [2.75, 3.05) is 24.7 Å². The van der Waals surface area contributed by atoms with E-state index >= 15 is 0 Å². The molecule has 1 N–H and O–H groups in total. The third-order valence-electron chi connectivity index (χ3n) is 2.97. The van der Waals surface area contributed by atoms with E-state index in [2.05, 4.69) is 21.2 Å². The summed E-state index contributed by atoms with van der Waals surface area (Å²) in [7, 11) is -3.26. The normalized spacial score (nSPS) is 11.7. The van der Waals surface area contributed by atoms with Crippen LogP contribution in [0, 0.1) is 6.92 Å². The second-order valence-corrected chi connectivity index (χ2v) is 7.76. The molecule has 0 aromatic heterocycles.